The molecule has 0 aromatic carbocycles. The molecule has 0 N–H and O–H groups in total. The number of hydrogen-bond donors (Lipinski definition) is 0. The van der Waals surface area contributed by atoms with E-state index in [1.54, 1.807) is 0 Å². The van der Waals surface area contributed by atoms with Crippen molar-refractivity contribution < 1.29 is 0 Å². The molecule has 0 heterocycles. The molecule has 0 unspecified atom stereocenters. The van der Waals surface area contributed by atoms with Crippen molar-refractivity contribution in [2.75, 3.05) is 19.6 Å². The topological polar surface area (TPSA) is 3.24 Å². The smallest absolute Gasteiger partial charge is 0.0725 e. The summed E-state index contributed by atoms with van der Waals surface area (Å²) in [5.74, 6) is 0. The summed E-state index contributed by atoms with van der Waals surface area (Å²) in [7, 11) is -1.03. The SMILES string of the molecule is C/C=C\[Si](C)(C)CCN(CC)CCC. The third kappa shape index (κ3) is 6.38. The van der Waals surface area contributed by atoms with Gasteiger partial charge in [-0.3, -0.25) is 0 Å². The third-order valence-electron chi connectivity index (χ3n) is 2.68. The largest absolute Gasteiger partial charge is 0.304 e. The van der Waals surface area contributed by atoms with E-state index in [-0.39, 0.29) is 0 Å². The maximum atomic E-state index is 2.57. The fourth-order valence-corrected chi connectivity index (χ4v) is 3.69. The number of hydrogen-bond acceptors (Lipinski definition) is 1. The molecule has 0 saturated heterocycles. The molecule has 0 aliphatic rings. The lowest BCUT2D eigenvalue weighted by Crippen LogP contribution is -2.32. The zero-order valence-corrected chi connectivity index (χ0v) is 11.6. The molecular weight excluding hydrogens is 186 g/mol. The summed E-state index contributed by atoms with van der Waals surface area (Å²) in [6.07, 6.45) is 3.50. The predicted octanol–water partition coefficient (Wildman–Crippen LogP) is 3.54. The number of rotatable bonds is 7. The highest BCUT2D eigenvalue weighted by Gasteiger charge is 2.17. The van der Waals surface area contributed by atoms with E-state index in [9.17, 15) is 0 Å². The molecule has 0 atom stereocenters. The molecule has 0 spiro atoms. The second-order valence-electron chi connectivity index (χ2n) is 4.67. The van der Waals surface area contributed by atoms with E-state index >= 15 is 0 Å². The average molecular weight is 213 g/mol. The molecule has 0 amide bonds. The van der Waals surface area contributed by atoms with E-state index in [1.807, 2.05) is 0 Å². The van der Waals surface area contributed by atoms with Crippen molar-refractivity contribution in [2.45, 2.75) is 46.3 Å². The maximum absolute atomic E-state index is 2.57. The van der Waals surface area contributed by atoms with E-state index in [1.165, 1.54) is 32.1 Å². The van der Waals surface area contributed by atoms with Gasteiger partial charge in [-0.25, -0.2) is 0 Å². The van der Waals surface area contributed by atoms with Crippen LogP contribution in [0.5, 0.6) is 0 Å². The zero-order chi connectivity index (χ0) is 11.0. The summed E-state index contributed by atoms with van der Waals surface area (Å²) in [6.45, 7) is 15.3. The summed E-state index contributed by atoms with van der Waals surface area (Å²) in [4.78, 5) is 2.57. The second-order valence-corrected chi connectivity index (χ2v) is 9.48. The first kappa shape index (κ1) is 13.9. The van der Waals surface area contributed by atoms with Gasteiger partial charge in [0.2, 0.25) is 0 Å². The van der Waals surface area contributed by atoms with Gasteiger partial charge in [0.15, 0.2) is 0 Å². The van der Waals surface area contributed by atoms with E-state index in [0.717, 1.165) is 0 Å². The van der Waals surface area contributed by atoms with Gasteiger partial charge in [0.25, 0.3) is 0 Å². The van der Waals surface area contributed by atoms with Crippen LogP contribution in [0.1, 0.15) is 27.2 Å². The Morgan fingerprint density at radius 2 is 1.79 bits per heavy atom. The molecule has 0 aromatic rings. The van der Waals surface area contributed by atoms with Crippen LogP contribution in [0.3, 0.4) is 0 Å². The molecule has 0 bridgehead atoms. The first-order valence-corrected chi connectivity index (χ1v) is 9.20. The Hall–Kier alpha value is -0.0831. The molecule has 14 heavy (non-hydrogen) atoms. The van der Waals surface area contributed by atoms with Crippen molar-refractivity contribution in [3.05, 3.63) is 11.8 Å². The van der Waals surface area contributed by atoms with Gasteiger partial charge in [-0.1, -0.05) is 38.7 Å². The first-order valence-electron chi connectivity index (χ1n) is 5.92. The average Bonchev–Trinajstić information content (AvgIpc) is 2.12. The van der Waals surface area contributed by atoms with Gasteiger partial charge in [-0.15, -0.1) is 0 Å². The molecule has 0 fully saturated rings. The first-order chi connectivity index (χ1) is 6.55. The molecule has 0 rings (SSSR count). The van der Waals surface area contributed by atoms with Crippen LogP contribution in [0.4, 0.5) is 0 Å². The maximum Gasteiger partial charge on any atom is 0.0725 e. The van der Waals surface area contributed by atoms with Crippen LogP contribution in [0.15, 0.2) is 11.8 Å². The monoisotopic (exact) mass is 213 g/mol. The van der Waals surface area contributed by atoms with Crippen LogP contribution < -0.4 is 0 Å². The second kappa shape index (κ2) is 7.24. The van der Waals surface area contributed by atoms with Crippen molar-refractivity contribution >= 4 is 8.07 Å². The highest BCUT2D eigenvalue weighted by molar-refractivity contribution is 6.82. The van der Waals surface area contributed by atoms with Gasteiger partial charge in [-0.2, -0.15) is 0 Å². The Labute approximate surface area is 91.2 Å². The van der Waals surface area contributed by atoms with E-state index in [0.29, 0.717) is 0 Å². The Balaban J connectivity index is 3.88. The van der Waals surface area contributed by atoms with Crippen LogP contribution in [-0.4, -0.2) is 32.6 Å². The minimum atomic E-state index is -1.03. The van der Waals surface area contributed by atoms with Gasteiger partial charge in [0.1, 0.15) is 0 Å². The van der Waals surface area contributed by atoms with Crippen LogP contribution in [0.25, 0.3) is 0 Å². The predicted molar refractivity (Wildman–Crippen MR) is 69.5 cm³/mol. The normalized spacial score (nSPS) is 13.0. The lowest BCUT2D eigenvalue weighted by atomic mass is 10.4. The van der Waals surface area contributed by atoms with E-state index < -0.39 is 8.07 Å². The summed E-state index contributed by atoms with van der Waals surface area (Å²) in [5, 5.41) is 0. The summed E-state index contributed by atoms with van der Waals surface area (Å²) >= 11 is 0. The number of nitrogens with zero attached hydrogens (tertiary/aromatic N) is 1. The van der Waals surface area contributed by atoms with E-state index in [4.69, 9.17) is 0 Å². The Bertz CT molecular complexity index is 164. The van der Waals surface area contributed by atoms with Gasteiger partial charge in [0.05, 0.1) is 8.07 Å². The van der Waals surface area contributed by atoms with Gasteiger partial charge in [-0.05, 0) is 39.0 Å². The molecule has 0 aromatic heterocycles. The Morgan fingerprint density at radius 3 is 2.21 bits per heavy atom. The van der Waals surface area contributed by atoms with Crippen molar-refractivity contribution in [1.29, 1.82) is 0 Å². The van der Waals surface area contributed by atoms with Crippen molar-refractivity contribution in [3.63, 3.8) is 0 Å². The third-order valence-corrected chi connectivity index (χ3v) is 5.43. The fraction of sp³-hybridized carbons (Fsp3) is 0.833. The minimum Gasteiger partial charge on any atom is -0.304 e. The highest BCUT2D eigenvalue weighted by atomic mass is 28.3. The summed E-state index contributed by atoms with van der Waals surface area (Å²) in [5.41, 5.74) is 2.45. The van der Waals surface area contributed by atoms with Crippen LogP contribution in [0, 0.1) is 0 Å². The molecule has 0 radical (unpaired) electrons. The number of allylic oxidation sites excluding steroid dienone is 1. The van der Waals surface area contributed by atoms with Crippen molar-refractivity contribution in [2.24, 2.45) is 0 Å². The molecule has 84 valence electrons. The molecule has 0 aliphatic carbocycles. The quantitative estimate of drug-likeness (QED) is 0.585. The lowest BCUT2D eigenvalue weighted by Gasteiger charge is -2.24. The highest BCUT2D eigenvalue weighted by Crippen LogP contribution is 2.12. The Morgan fingerprint density at radius 1 is 1.14 bits per heavy atom. The molecule has 0 aliphatic heterocycles. The molecular formula is C12H27NSi. The van der Waals surface area contributed by atoms with Crippen LogP contribution in [-0.2, 0) is 0 Å². The summed E-state index contributed by atoms with van der Waals surface area (Å²) in [6, 6.07) is 1.39. The minimum absolute atomic E-state index is 1.03. The van der Waals surface area contributed by atoms with Gasteiger partial charge in [0, 0.05) is 0 Å². The zero-order valence-electron chi connectivity index (χ0n) is 10.6. The van der Waals surface area contributed by atoms with E-state index in [2.05, 4.69) is 50.5 Å². The Kier molecular flexibility index (Phi) is 7.20. The van der Waals surface area contributed by atoms with Crippen molar-refractivity contribution in [1.82, 2.24) is 4.90 Å². The van der Waals surface area contributed by atoms with Gasteiger partial charge < -0.3 is 4.90 Å². The molecule has 2 heteroatoms. The molecule has 1 nitrogen and oxygen atoms in total. The lowest BCUT2D eigenvalue weighted by molar-refractivity contribution is 0.303. The molecule has 0 saturated carbocycles. The van der Waals surface area contributed by atoms with Crippen molar-refractivity contribution in [3.8, 4) is 0 Å². The van der Waals surface area contributed by atoms with Crippen LogP contribution >= 0.6 is 0 Å². The summed E-state index contributed by atoms with van der Waals surface area (Å²) < 4.78 is 0. The fourth-order valence-electron chi connectivity index (χ4n) is 1.73. The van der Waals surface area contributed by atoms with Gasteiger partial charge >= 0.3 is 0 Å². The standard InChI is InChI=1S/C12H27NSi/c1-6-9-13(8-3)10-12-14(4,5)11-7-2/h7,11H,6,8-10,12H2,1-5H3/b11-7-. The van der Waals surface area contributed by atoms with Crippen LogP contribution in [0.2, 0.25) is 19.1 Å².